The van der Waals surface area contributed by atoms with Gasteiger partial charge in [-0.25, -0.2) is 0 Å². The van der Waals surface area contributed by atoms with Crippen molar-refractivity contribution in [1.29, 1.82) is 0 Å². The number of anilines is 1. The van der Waals surface area contributed by atoms with Gasteiger partial charge in [-0.2, -0.15) is 0 Å². The van der Waals surface area contributed by atoms with Crippen LogP contribution < -0.4 is 11.1 Å². The minimum Gasteiger partial charge on any atom is -0.481 e. The summed E-state index contributed by atoms with van der Waals surface area (Å²) in [6.07, 6.45) is 10.9. The number of ether oxygens (including phenoxy) is 1. The van der Waals surface area contributed by atoms with E-state index in [-0.39, 0.29) is 36.3 Å². The van der Waals surface area contributed by atoms with Gasteiger partial charge in [-0.1, -0.05) is 55.0 Å². The number of carboxylic acids is 1. The molecule has 48 heavy (non-hydrogen) atoms. The number of aldehydes is 1. The highest BCUT2D eigenvalue weighted by Crippen LogP contribution is 2.35. The molecule has 1 aliphatic rings. The normalized spacial score (nSPS) is 19.3. The number of hydrogen-bond donors (Lipinski definition) is 3. The van der Waals surface area contributed by atoms with Crippen LogP contribution in [-0.4, -0.2) is 65.9 Å². The molecule has 9 nitrogen and oxygen atoms in total. The highest BCUT2D eigenvalue weighted by molar-refractivity contribution is 5.90. The molecule has 1 aliphatic heterocycles. The number of primary amides is 1. The predicted octanol–water partition coefficient (Wildman–Crippen LogP) is 6.65. The Kier molecular flexibility index (Phi) is 17.9. The van der Waals surface area contributed by atoms with Crippen molar-refractivity contribution in [1.82, 2.24) is 4.90 Å². The van der Waals surface area contributed by atoms with Crippen molar-refractivity contribution in [2.45, 2.75) is 109 Å². The zero-order chi connectivity index (χ0) is 34.6. The summed E-state index contributed by atoms with van der Waals surface area (Å²) in [5, 5.41) is 12.1. The second kappa shape index (κ2) is 22.1. The number of unbranched alkanes of at least 4 members (excludes halogenated alkanes) is 1. The number of nitrogens with zero attached hydrogens (tertiary/aromatic N) is 1. The maximum Gasteiger partial charge on any atom is 0.303 e. The van der Waals surface area contributed by atoms with E-state index < -0.39 is 5.97 Å². The highest BCUT2D eigenvalue weighted by Gasteiger charge is 2.37. The van der Waals surface area contributed by atoms with Gasteiger partial charge in [0.2, 0.25) is 11.8 Å². The SMILES string of the molecule is CCOC(CCCC(CCCC(=O)O)CC(=O)Nc1ccccc1)CCN1CC(CCc2ccccc2)C(CCCC=O)CC1C(N)=O. The average Bonchev–Trinajstić information content (AvgIpc) is 3.07. The number of piperidine rings is 1. The summed E-state index contributed by atoms with van der Waals surface area (Å²) in [6.45, 7) is 4.09. The molecule has 0 bridgehead atoms. The summed E-state index contributed by atoms with van der Waals surface area (Å²) in [6, 6.07) is 19.5. The molecule has 0 radical (unpaired) electrons. The second-order valence-electron chi connectivity index (χ2n) is 13.4. The summed E-state index contributed by atoms with van der Waals surface area (Å²) in [5.41, 5.74) is 8.04. The Labute approximate surface area is 287 Å². The number of para-hydroxylation sites is 1. The van der Waals surface area contributed by atoms with Gasteiger partial charge in [-0.3, -0.25) is 19.3 Å². The van der Waals surface area contributed by atoms with E-state index in [0.717, 1.165) is 76.3 Å². The maximum absolute atomic E-state index is 12.8. The Balaban J connectivity index is 1.59. The minimum absolute atomic E-state index is 0.00873. The molecule has 0 aromatic heterocycles. The standard InChI is InChI=1S/C39H57N3O6/c1-2-48-35(20-11-15-31(16-12-21-38(45)46)27-37(44)41-34-18-7-4-8-19-34)24-25-42-29-33(23-22-30-13-5-3-6-14-30)32(17-9-10-26-43)28-36(42)39(40)47/h3-8,13-14,18-19,26,31-33,35-36H,2,9-12,15-17,20-25,27-29H2,1H3,(H2,40,47)(H,41,44)(H,45,46). The molecule has 3 rings (SSSR count). The van der Waals surface area contributed by atoms with Gasteiger partial charge in [0.25, 0.3) is 0 Å². The maximum atomic E-state index is 12.8. The Hall–Kier alpha value is -3.56. The molecule has 0 spiro atoms. The first-order valence-electron chi connectivity index (χ1n) is 18.0. The first-order chi connectivity index (χ1) is 23.3. The molecule has 1 fully saturated rings. The van der Waals surface area contributed by atoms with Gasteiger partial charge in [-0.15, -0.1) is 0 Å². The van der Waals surface area contributed by atoms with Crippen LogP contribution in [0.4, 0.5) is 5.69 Å². The van der Waals surface area contributed by atoms with Crippen LogP contribution in [-0.2, 0) is 30.3 Å². The molecule has 0 aliphatic carbocycles. The third-order valence-corrected chi connectivity index (χ3v) is 9.79. The van der Waals surface area contributed by atoms with Crippen molar-refractivity contribution in [3.63, 3.8) is 0 Å². The van der Waals surface area contributed by atoms with E-state index in [4.69, 9.17) is 15.6 Å². The number of nitrogens with one attached hydrogen (secondary N) is 1. The molecule has 1 saturated heterocycles. The number of likely N-dealkylation sites (tertiary alicyclic amines) is 1. The fourth-order valence-electron chi connectivity index (χ4n) is 7.27. The molecule has 1 heterocycles. The van der Waals surface area contributed by atoms with Crippen molar-refractivity contribution in [3.8, 4) is 0 Å². The summed E-state index contributed by atoms with van der Waals surface area (Å²) in [5.74, 6) is -0.327. The van der Waals surface area contributed by atoms with Gasteiger partial charge >= 0.3 is 5.97 Å². The number of nitrogens with two attached hydrogens (primary N) is 1. The number of aryl methyl sites for hydroxylation is 1. The lowest BCUT2D eigenvalue weighted by Crippen LogP contribution is -2.53. The number of benzene rings is 2. The van der Waals surface area contributed by atoms with E-state index in [0.29, 0.717) is 50.7 Å². The van der Waals surface area contributed by atoms with E-state index in [1.807, 2.05) is 43.3 Å². The molecule has 264 valence electrons. The molecule has 2 aromatic carbocycles. The zero-order valence-corrected chi connectivity index (χ0v) is 28.8. The number of carbonyl (C=O) groups excluding carboxylic acids is 3. The minimum atomic E-state index is -0.819. The Morgan fingerprint density at radius 3 is 2.33 bits per heavy atom. The molecule has 5 unspecified atom stereocenters. The quantitative estimate of drug-likeness (QED) is 0.0845. The Morgan fingerprint density at radius 1 is 0.958 bits per heavy atom. The Bertz CT molecular complexity index is 1230. The third kappa shape index (κ3) is 14.7. The Morgan fingerprint density at radius 2 is 1.67 bits per heavy atom. The van der Waals surface area contributed by atoms with Crippen LogP contribution in [0.15, 0.2) is 60.7 Å². The van der Waals surface area contributed by atoms with Gasteiger partial charge < -0.3 is 25.7 Å². The lowest BCUT2D eigenvalue weighted by molar-refractivity contribution is -0.137. The van der Waals surface area contributed by atoms with Crippen LogP contribution in [0.25, 0.3) is 0 Å². The number of amides is 2. The van der Waals surface area contributed by atoms with Crippen LogP contribution in [0.1, 0.15) is 96.0 Å². The average molecular weight is 664 g/mol. The van der Waals surface area contributed by atoms with Crippen LogP contribution in [0.2, 0.25) is 0 Å². The summed E-state index contributed by atoms with van der Waals surface area (Å²) in [4.78, 5) is 50.0. The van der Waals surface area contributed by atoms with E-state index in [1.165, 1.54) is 5.56 Å². The van der Waals surface area contributed by atoms with Gasteiger partial charge in [-0.05, 0) is 107 Å². The van der Waals surface area contributed by atoms with E-state index in [9.17, 15) is 19.2 Å². The van der Waals surface area contributed by atoms with Crippen LogP contribution >= 0.6 is 0 Å². The summed E-state index contributed by atoms with van der Waals surface area (Å²) in [7, 11) is 0. The van der Waals surface area contributed by atoms with Crippen LogP contribution in [0.3, 0.4) is 0 Å². The number of carbonyl (C=O) groups is 4. The van der Waals surface area contributed by atoms with E-state index in [2.05, 4.69) is 34.5 Å². The first-order valence-corrected chi connectivity index (χ1v) is 18.0. The molecule has 5 atom stereocenters. The lowest BCUT2D eigenvalue weighted by Gasteiger charge is -2.43. The van der Waals surface area contributed by atoms with Gasteiger partial charge in [0.1, 0.15) is 6.29 Å². The van der Waals surface area contributed by atoms with Crippen LogP contribution in [0.5, 0.6) is 0 Å². The fraction of sp³-hybridized carbons (Fsp3) is 0.590. The lowest BCUT2D eigenvalue weighted by atomic mass is 9.76. The van der Waals surface area contributed by atoms with Gasteiger partial charge in [0, 0.05) is 44.6 Å². The number of carboxylic acid groups (broad SMARTS) is 1. The van der Waals surface area contributed by atoms with E-state index in [1.54, 1.807) is 0 Å². The topological polar surface area (TPSA) is 139 Å². The molecular weight excluding hydrogens is 606 g/mol. The molecule has 4 N–H and O–H groups in total. The molecule has 9 heteroatoms. The molecule has 2 amide bonds. The monoisotopic (exact) mass is 663 g/mol. The van der Waals surface area contributed by atoms with Gasteiger partial charge in [0.15, 0.2) is 0 Å². The summed E-state index contributed by atoms with van der Waals surface area (Å²) < 4.78 is 6.17. The van der Waals surface area contributed by atoms with Gasteiger partial charge in [0.05, 0.1) is 12.1 Å². The smallest absolute Gasteiger partial charge is 0.303 e. The summed E-state index contributed by atoms with van der Waals surface area (Å²) >= 11 is 0. The van der Waals surface area contributed by atoms with Crippen molar-refractivity contribution >= 4 is 29.8 Å². The van der Waals surface area contributed by atoms with Crippen molar-refractivity contribution in [3.05, 3.63) is 66.2 Å². The highest BCUT2D eigenvalue weighted by atomic mass is 16.5. The first kappa shape index (κ1) is 38.9. The largest absolute Gasteiger partial charge is 0.481 e. The van der Waals surface area contributed by atoms with Crippen molar-refractivity contribution in [2.24, 2.45) is 23.5 Å². The predicted molar refractivity (Wildman–Crippen MR) is 189 cm³/mol. The second-order valence-corrected chi connectivity index (χ2v) is 13.4. The molecule has 2 aromatic rings. The van der Waals surface area contributed by atoms with E-state index >= 15 is 0 Å². The zero-order valence-electron chi connectivity index (χ0n) is 28.8. The molecular formula is C39H57N3O6. The van der Waals surface area contributed by atoms with Crippen molar-refractivity contribution in [2.75, 3.05) is 25.0 Å². The number of hydrogen-bond acceptors (Lipinski definition) is 6. The number of rotatable bonds is 24. The van der Waals surface area contributed by atoms with Crippen molar-refractivity contribution < 1.29 is 29.0 Å². The molecule has 0 saturated carbocycles. The third-order valence-electron chi connectivity index (χ3n) is 9.79. The number of aliphatic carboxylic acids is 1. The van der Waals surface area contributed by atoms with Crippen LogP contribution in [0, 0.1) is 17.8 Å². The fourth-order valence-corrected chi connectivity index (χ4v) is 7.27.